The number of benzene rings is 1. The van der Waals surface area contributed by atoms with E-state index in [1.54, 1.807) is 25.3 Å². The Balaban J connectivity index is 2.02. The lowest BCUT2D eigenvalue weighted by molar-refractivity contribution is -0.141. The van der Waals surface area contributed by atoms with Crippen molar-refractivity contribution in [2.75, 3.05) is 25.5 Å². The van der Waals surface area contributed by atoms with E-state index < -0.39 is 11.9 Å². The van der Waals surface area contributed by atoms with Crippen LogP contribution in [0.1, 0.15) is 6.42 Å². The van der Waals surface area contributed by atoms with E-state index in [0.29, 0.717) is 24.4 Å². The van der Waals surface area contributed by atoms with E-state index in [0.717, 1.165) is 4.47 Å². The van der Waals surface area contributed by atoms with Gasteiger partial charge in [-0.15, -0.1) is 0 Å². The Kier molecular flexibility index (Phi) is 4.49. The molecular formula is C13H15BrN2O4. The highest BCUT2D eigenvalue weighted by Gasteiger charge is 2.30. The molecule has 0 aliphatic carbocycles. The molecule has 1 saturated heterocycles. The average Bonchev–Trinajstić information content (AvgIpc) is 2.87. The third-order valence-corrected chi connectivity index (χ3v) is 3.64. The summed E-state index contributed by atoms with van der Waals surface area (Å²) in [6, 6.07) is 4.94. The molecular weight excluding hydrogens is 328 g/mol. The molecule has 108 valence electrons. The second-order valence-corrected chi connectivity index (χ2v) is 5.50. The molecule has 1 aromatic rings. The van der Waals surface area contributed by atoms with Crippen LogP contribution < -0.4 is 10.1 Å². The Hall–Kier alpha value is -1.76. The molecule has 1 unspecified atom stereocenters. The summed E-state index contributed by atoms with van der Waals surface area (Å²) in [4.78, 5) is 24.4. The molecule has 1 heterocycles. The highest BCUT2D eigenvalue weighted by molar-refractivity contribution is 9.10. The third kappa shape index (κ3) is 3.41. The molecule has 0 aromatic heterocycles. The minimum atomic E-state index is -0.857. The number of aliphatic carboxylic acids is 1. The number of carboxylic acids is 1. The summed E-state index contributed by atoms with van der Waals surface area (Å²) in [6.07, 6.45) is 0.491. The Labute approximate surface area is 124 Å². The van der Waals surface area contributed by atoms with Gasteiger partial charge in [-0.05, 0) is 18.6 Å². The summed E-state index contributed by atoms with van der Waals surface area (Å²) in [6.45, 7) is 0.695. The number of likely N-dealkylation sites (tertiary alicyclic amines) is 1. The van der Waals surface area contributed by atoms with Crippen molar-refractivity contribution in [3.05, 3.63) is 22.7 Å². The highest BCUT2D eigenvalue weighted by Crippen LogP contribution is 2.25. The van der Waals surface area contributed by atoms with E-state index in [1.165, 1.54) is 4.90 Å². The summed E-state index contributed by atoms with van der Waals surface area (Å²) >= 11 is 3.33. The first kappa shape index (κ1) is 14.6. The number of anilines is 1. The number of amides is 2. The molecule has 2 amide bonds. The van der Waals surface area contributed by atoms with Crippen LogP contribution in [0.4, 0.5) is 10.5 Å². The number of methoxy groups -OCH3 is 1. The second-order valence-electron chi connectivity index (χ2n) is 4.58. The van der Waals surface area contributed by atoms with Crippen LogP contribution in [-0.4, -0.2) is 42.2 Å². The first-order valence-electron chi connectivity index (χ1n) is 6.13. The molecule has 6 nitrogen and oxygen atoms in total. The van der Waals surface area contributed by atoms with Crippen molar-refractivity contribution in [1.82, 2.24) is 4.90 Å². The zero-order chi connectivity index (χ0) is 14.7. The fraction of sp³-hybridized carbons (Fsp3) is 0.385. The van der Waals surface area contributed by atoms with Gasteiger partial charge in [-0.1, -0.05) is 15.9 Å². The van der Waals surface area contributed by atoms with E-state index in [-0.39, 0.29) is 12.6 Å². The monoisotopic (exact) mass is 342 g/mol. The van der Waals surface area contributed by atoms with Crippen molar-refractivity contribution < 1.29 is 19.4 Å². The summed E-state index contributed by atoms with van der Waals surface area (Å²) in [5.41, 5.74) is 0.597. The first-order chi connectivity index (χ1) is 9.49. The third-order valence-electron chi connectivity index (χ3n) is 3.18. The van der Waals surface area contributed by atoms with Crippen molar-refractivity contribution in [2.45, 2.75) is 6.42 Å². The molecule has 0 saturated carbocycles. The normalized spacial score (nSPS) is 17.9. The van der Waals surface area contributed by atoms with E-state index >= 15 is 0 Å². The van der Waals surface area contributed by atoms with Gasteiger partial charge in [0, 0.05) is 29.3 Å². The van der Waals surface area contributed by atoms with Crippen molar-refractivity contribution in [2.24, 2.45) is 5.92 Å². The molecule has 1 atom stereocenters. The fourth-order valence-electron chi connectivity index (χ4n) is 2.10. The number of carbonyl (C=O) groups excluding carboxylic acids is 1. The summed E-state index contributed by atoms with van der Waals surface area (Å²) in [5, 5.41) is 11.7. The molecule has 0 bridgehead atoms. The number of ether oxygens (including phenoxy) is 1. The molecule has 0 spiro atoms. The van der Waals surface area contributed by atoms with Gasteiger partial charge < -0.3 is 20.1 Å². The number of nitrogens with one attached hydrogen (secondary N) is 1. The quantitative estimate of drug-likeness (QED) is 0.883. The van der Waals surface area contributed by atoms with Crippen LogP contribution in [0, 0.1) is 5.92 Å². The Bertz CT molecular complexity index is 535. The summed E-state index contributed by atoms with van der Waals surface area (Å²) in [5.74, 6) is -0.707. The molecule has 1 aliphatic heterocycles. The van der Waals surface area contributed by atoms with Gasteiger partial charge in [0.2, 0.25) is 0 Å². The average molecular weight is 343 g/mol. The largest absolute Gasteiger partial charge is 0.497 e. The number of hydrogen-bond acceptors (Lipinski definition) is 3. The van der Waals surface area contributed by atoms with Crippen molar-refractivity contribution in [3.63, 3.8) is 0 Å². The lowest BCUT2D eigenvalue weighted by Crippen LogP contribution is -2.33. The van der Waals surface area contributed by atoms with Gasteiger partial charge in [0.05, 0.1) is 13.0 Å². The van der Waals surface area contributed by atoms with Crippen LogP contribution in [0.2, 0.25) is 0 Å². The van der Waals surface area contributed by atoms with Crippen LogP contribution in [0.25, 0.3) is 0 Å². The zero-order valence-corrected chi connectivity index (χ0v) is 12.5. The van der Waals surface area contributed by atoms with Gasteiger partial charge in [0.1, 0.15) is 5.75 Å². The first-order valence-corrected chi connectivity index (χ1v) is 6.92. The zero-order valence-electron chi connectivity index (χ0n) is 10.9. The van der Waals surface area contributed by atoms with Crippen LogP contribution >= 0.6 is 15.9 Å². The number of nitrogens with zero attached hydrogens (tertiary/aromatic N) is 1. The van der Waals surface area contributed by atoms with Gasteiger partial charge in [-0.25, -0.2) is 4.79 Å². The minimum Gasteiger partial charge on any atom is -0.497 e. The van der Waals surface area contributed by atoms with Crippen molar-refractivity contribution >= 4 is 33.6 Å². The minimum absolute atomic E-state index is 0.242. The SMILES string of the molecule is COc1cc(Br)cc(NC(=O)N2CCC(C(=O)O)C2)c1. The molecule has 2 N–H and O–H groups in total. The number of carboxylic acid groups (broad SMARTS) is 1. The highest BCUT2D eigenvalue weighted by atomic mass is 79.9. The topological polar surface area (TPSA) is 78.9 Å². The molecule has 7 heteroatoms. The van der Waals surface area contributed by atoms with E-state index in [2.05, 4.69) is 21.2 Å². The Morgan fingerprint density at radius 3 is 2.80 bits per heavy atom. The molecule has 2 rings (SSSR count). The van der Waals surface area contributed by atoms with Crippen LogP contribution in [0.15, 0.2) is 22.7 Å². The lowest BCUT2D eigenvalue weighted by Gasteiger charge is -2.17. The van der Waals surface area contributed by atoms with E-state index in [9.17, 15) is 9.59 Å². The van der Waals surface area contributed by atoms with Crippen molar-refractivity contribution in [1.29, 1.82) is 0 Å². The molecule has 0 radical (unpaired) electrons. The molecule has 1 aromatic carbocycles. The predicted molar refractivity (Wildman–Crippen MR) is 77.0 cm³/mol. The lowest BCUT2D eigenvalue weighted by atomic mass is 10.1. The number of halogens is 1. The van der Waals surface area contributed by atoms with Crippen molar-refractivity contribution in [3.8, 4) is 5.75 Å². The standard InChI is InChI=1S/C13H15BrN2O4/c1-20-11-5-9(14)4-10(6-11)15-13(19)16-3-2-8(7-16)12(17)18/h4-6,8H,2-3,7H2,1H3,(H,15,19)(H,17,18). The van der Waals surface area contributed by atoms with E-state index in [4.69, 9.17) is 9.84 Å². The van der Waals surface area contributed by atoms with Crippen LogP contribution in [-0.2, 0) is 4.79 Å². The van der Waals surface area contributed by atoms with Gasteiger partial charge in [-0.2, -0.15) is 0 Å². The fourth-order valence-corrected chi connectivity index (χ4v) is 2.57. The number of urea groups is 1. The van der Waals surface area contributed by atoms with E-state index in [1.807, 2.05) is 0 Å². The Morgan fingerprint density at radius 1 is 1.45 bits per heavy atom. The number of carbonyl (C=O) groups is 2. The van der Waals surface area contributed by atoms with Gasteiger partial charge in [0.25, 0.3) is 0 Å². The summed E-state index contributed by atoms with van der Waals surface area (Å²) < 4.78 is 5.91. The number of hydrogen-bond donors (Lipinski definition) is 2. The Morgan fingerprint density at radius 2 is 2.20 bits per heavy atom. The second kappa shape index (κ2) is 6.13. The number of rotatable bonds is 3. The predicted octanol–water partition coefficient (Wildman–Crippen LogP) is 2.40. The maximum absolute atomic E-state index is 12.1. The van der Waals surface area contributed by atoms with Gasteiger partial charge in [-0.3, -0.25) is 4.79 Å². The maximum atomic E-state index is 12.1. The molecule has 1 aliphatic rings. The van der Waals surface area contributed by atoms with Gasteiger partial charge in [0.15, 0.2) is 0 Å². The smallest absolute Gasteiger partial charge is 0.321 e. The maximum Gasteiger partial charge on any atom is 0.321 e. The van der Waals surface area contributed by atoms with Crippen LogP contribution in [0.5, 0.6) is 5.75 Å². The van der Waals surface area contributed by atoms with Gasteiger partial charge >= 0.3 is 12.0 Å². The molecule has 1 fully saturated rings. The molecule has 20 heavy (non-hydrogen) atoms. The summed E-state index contributed by atoms with van der Waals surface area (Å²) in [7, 11) is 1.55. The van der Waals surface area contributed by atoms with Crippen LogP contribution in [0.3, 0.4) is 0 Å².